The Kier molecular flexibility index (Phi) is 5.48. The van der Waals surface area contributed by atoms with E-state index in [4.69, 9.17) is 16.7 Å². The smallest absolute Gasteiger partial charge is 0.238 e. The van der Waals surface area contributed by atoms with Crippen LogP contribution < -0.4 is 5.14 Å². The number of hydrogen-bond acceptors (Lipinski definition) is 4. The average molecular weight is 404 g/mol. The largest absolute Gasteiger partial charge is 0.390 e. The van der Waals surface area contributed by atoms with Gasteiger partial charge in [-0.1, -0.05) is 48.0 Å². The van der Waals surface area contributed by atoms with Gasteiger partial charge in [0.1, 0.15) is 5.69 Å². The molecule has 0 spiro atoms. The topological polar surface area (TPSA) is 98.2 Å². The average Bonchev–Trinajstić information content (AvgIpc) is 3.00. The predicted molar refractivity (Wildman–Crippen MR) is 106 cm³/mol. The summed E-state index contributed by atoms with van der Waals surface area (Å²) in [5.74, 6) is 0. The molecule has 0 atom stereocenters. The molecular formula is C19H18ClN3O3S. The molecule has 0 aliphatic rings. The van der Waals surface area contributed by atoms with Crippen LogP contribution in [0.25, 0.3) is 28.6 Å². The van der Waals surface area contributed by atoms with Crippen LogP contribution in [0.15, 0.2) is 59.5 Å². The molecule has 27 heavy (non-hydrogen) atoms. The van der Waals surface area contributed by atoms with Gasteiger partial charge in [0.2, 0.25) is 10.0 Å². The lowest BCUT2D eigenvalue weighted by atomic mass is 9.99. The van der Waals surface area contributed by atoms with Crippen molar-refractivity contribution in [3.8, 4) is 22.4 Å². The molecule has 8 heteroatoms. The Morgan fingerprint density at radius 1 is 1.19 bits per heavy atom. The number of aliphatic hydroxyl groups is 1. The van der Waals surface area contributed by atoms with E-state index in [0.29, 0.717) is 27.5 Å². The van der Waals surface area contributed by atoms with Crippen LogP contribution in [0.4, 0.5) is 0 Å². The molecule has 0 bridgehead atoms. The van der Waals surface area contributed by atoms with Crippen LogP contribution in [0.1, 0.15) is 12.6 Å². The fourth-order valence-corrected chi connectivity index (χ4v) is 3.77. The quantitative estimate of drug-likeness (QED) is 0.681. The van der Waals surface area contributed by atoms with Crippen LogP contribution in [0.3, 0.4) is 0 Å². The number of aliphatic hydroxyl groups excluding tert-OH is 1. The van der Waals surface area contributed by atoms with Gasteiger partial charge in [0, 0.05) is 22.3 Å². The standard InChI is InChI=1S/C19H18ClN3O3S/c1-2-11-23-16(12-24)18(13-7-9-14(20)10-8-13)19(22-23)15-5-3-4-6-17(15)27(21,25)26/h2-11,24H,12H2,1H3,(H2,21,25,26). The maximum atomic E-state index is 12.1. The van der Waals surface area contributed by atoms with Crippen LogP contribution in [0, 0.1) is 0 Å². The maximum absolute atomic E-state index is 12.1. The van der Waals surface area contributed by atoms with Crippen LogP contribution in [0.5, 0.6) is 0 Å². The minimum atomic E-state index is -3.96. The molecule has 6 nitrogen and oxygen atoms in total. The second kappa shape index (κ2) is 7.66. The molecule has 0 unspecified atom stereocenters. The van der Waals surface area contributed by atoms with Gasteiger partial charge in [0.15, 0.2) is 0 Å². The number of rotatable bonds is 5. The summed E-state index contributed by atoms with van der Waals surface area (Å²) < 4.78 is 25.7. The monoisotopic (exact) mass is 403 g/mol. The highest BCUT2D eigenvalue weighted by atomic mass is 35.5. The minimum absolute atomic E-state index is 0.0326. The second-order valence-corrected chi connectivity index (χ2v) is 7.77. The van der Waals surface area contributed by atoms with E-state index in [9.17, 15) is 13.5 Å². The molecule has 0 aliphatic heterocycles. The minimum Gasteiger partial charge on any atom is -0.390 e. The number of sulfonamides is 1. The number of aromatic nitrogens is 2. The van der Waals surface area contributed by atoms with Crippen molar-refractivity contribution in [2.75, 3.05) is 0 Å². The second-order valence-electron chi connectivity index (χ2n) is 5.80. The van der Waals surface area contributed by atoms with E-state index in [2.05, 4.69) is 5.10 Å². The maximum Gasteiger partial charge on any atom is 0.238 e. The van der Waals surface area contributed by atoms with Gasteiger partial charge in [-0.25, -0.2) is 18.2 Å². The first kappa shape index (κ1) is 19.3. The van der Waals surface area contributed by atoms with Crippen LogP contribution in [0.2, 0.25) is 5.02 Å². The first-order valence-corrected chi connectivity index (χ1v) is 10.0. The first-order valence-electron chi connectivity index (χ1n) is 8.10. The van der Waals surface area contributed by atoms with Gasteiger partial charge in [-0.3, -0.25) is 0 Å². The zero-order chi connectivity index (χ0) is 19.6. The zero-order valence-electron chi connectivity index (χ0n) is 14.5. The third-order valence-corrected chi connectivity index (χ3v) is 5.25. The summed E-state index contributed by atoms with van der Waals surface area (Å²) in [5.41, 5.74) is 2.66. The molecule has 1 aromatic heterocycles. The molecule has 3 rings (SSSR count). The molecule has 3 N–H and O–H groups in total. The summed E-state index contributed by atoms with van der Waals surface area (Å²) in [6, 6.07) is 13.4. The van der Waals surface area contributed by atoms with Gasteiger partial charge in [0.25, 0.3) is 0 Å². The van der Waals surface area contributed by atoms with E-state index in [0.717, 1.165) is 5.56 Å². The SMILES string of the molecule is CC=Cn1nc(-c2ccccc2S(N)(=O)=O)c(-c2ccc(Cl)cc2)c1CO. The normalized spacial score (nSPS) is 12.0. The lowest BCUT2D eigenvalue weighted by Crippen LogP contribution is -2.13. The van der Waals surface area contributed by atoms with Crippen molar-refractivity contribution in [2.45, 2.75) is 18.4 Å². The van der Waals surface area contributed by atoms with E-state index in [1.807, 2.05) is 6.92 Å². The van der Waals surface area contributed by atoms with Crippen LogP contribution >= 0.6 is 11.6 Å². The molecule has 140 valence electrons. The Labute approximate surface area is 162 Å². The lowest BCUT2D eigenvalue weighted by molar-refractivity contribution is 0.274. The van der Waals surface area contributed by atoms with Crippen molar-refractivity contribution >= 4 is 27.8 Å². The van der Waals surface area contributed by atoms with E-state index < -0.39 is 10.0 Å². The summed E-state index contributed by atoms with van der Waals surface area (Å²) >= 11 is 5.99. The Morgan fingerprint density at radius 2 is 1.85 bits per heavy atom. The molecular weight excluding hydrogens is 386 g/mol. The molecule has 0 radical (unpaired) electrons. The number of allylic oxidation sites excluding steroid dienone is 1. The molecule has 3 aromatic rings. The number of hydrogen-bond donors (Lipinski definition) is 2. The van der Waals surface area contributed by atoms with E-state index in [1.54, 1.807) is 54.7 Å². The van der Waals surface area contributed by atoms with Gasteiger partial charge in [-0.05, 0) is 30.7 Å². The molecule has 2 aromatic carbocycles. The van der Waals surface area contributed by atoms with Crippen LogP contribution in [-0.4, -0.2) is 23.3 Å². The number of nitrogens with two attached hydrogens (primary N) is 1. The van der Waals surface area contributed by atoms with Crippen molar-refractivity contribution in [1.29, 1.82) is 0 Å². The number of nitrogens with zero attached hydrogens (tertiary/aromatic N) is 2. The number of primary sulfonamides is 1. The van der Waals surface area contributed by atoms with Crippen LogP contribution in [-0.2, 0) is 16.6 Å². The molecule has 0 saturated heterocycles. The fourth-order valence-electron chi connectivity index (χ4n) is 2.90. The van der Waals surface area contributed by atoms with Crippen molar-refractivity contribution in [2.24, 2.45) is 5.14 Å². The summed E-state index contributed by atoms with van der Waals surface area (Å²) in [6.07, 6.45) is 3.46. The molecule has 0 saturated carbocycles. The van der Waals surface area contributed by atoms with E-state index in [1.165, 1.54) is 10.7 Å². The van der Waals surface area contributed by atoms with E-state index in [-0.39, 0.29) is 11.5 Å². The summed E-state index contributed by atoms with van der Waals surface area (Å²) in [4.78, 5) is -0.0326. The summed E-state index contributed by atoms with van der Waals surface area (Å²) in [7, 11) is -3.96. The van der Waals surface area contributed by atoms with Gasteiger partial charge in [0.05, 0.1) is 17.2 Å². The highest BCUT2D eigenvalue weighted by Crippen LogP contribution is 2.37. The van der Waals surface area contributed by atoms with Crippen molar-refractivity contribution in [1.82, 2.24) is 9.78 Å². The number of benzene rings is 2. The Hall–Kier alpha value is -2.45. The van der Waals surface area contributed by atoms with Gasteiger partial charge in [-0.15, -0.1) is 0 Å². The highest BCUT2D eigenvalue weighted by Gasteiger charge is 2.24. The van der Waals surface area contributed by atoms with Gasteiger partial charge in [-0.2, -0.15) is 5.10 Å². The molecule has 0 amide bonds. The van der Waals surface area contributed by atoms with Crippen molar-refractivity contribution < 1.29 is 13.5 Å². The highest BCUT2D eigenvalue weighted by molar-refractivity contribution is 7.89. The Bertz CT molecular complexity index is 1100. The lowest BCUT2D eigenvalue weighted by Gasteiger charge is -2.09. The number of halogens is 1. The molecule has 0 aliphatic carbocycles. The first-order chi connectivity index (χ1) is 12.9. The van der Waals surface area contributed by atoms with Gasteiger partial charge < -0.3 is 5.11 Å². The zero-order valence-corrected chi connectivity index (χ0v) is 16.1. The predicted octanol–water partition coefficient (Wildman–Crippen LogP) is 3.50. The fraction of sp³-hybridized carbons (Fsp3) is 0.105. The molecule has 0 fully saturated rings. The summed E-state index contributed by atoms with van der Waals surface area (Å²) in [5, 5.41) is 20.5. The summed E-state index contributed by atoms with van der Waals surface area (Å²) in [6.45, 7) is 1.54. The third kappa shape index (κ3) is 3.81. The molecule has 1 heterocycles. The Morgan fingerprint density at radius 3 is 2.44 bits per heavy atom. The van der Waals surface area contributed by atoms with E-state index >= 15 is 0 Å². The Balaban J connectivity index is 2.39. The third-order valence-electron chi connectivity index (χ3n) is 4.03. The van der Waals surface area contributed by atoms with Crippen molar-refractivity contribution in [3.63, 3.8) is 0 Å². The van der Waals surface area contributed by atoms with Gasteiger partial charge >= 0.3 is 0 Å². The van der Waals surface area contributed by atoms with Crippen molar-refractivity contribution in [3.05, 3.63) is 65.3 Å².